The van der Waals surface area contributed by atoms with E-state index in [0.717, 1.165) is 33.4 Å². The molecule has 1 heterocycles. The topological polar surface area (TPSA) is 134 Å². The van der Waals surface area contributed by atoms with Gasteiger partial charge in [-0.05, 0) is 92.5 Å². The van der Waals surface area contributed by atoms with Gasteiger partial charge >= 0.3 is 12.2 Å². The number of alkyl carbamates (subject to hydrolysis) is 1. The summed E-state index contributed by atoms with van der Waals surface area (Å²) in [5.74, 6) is -1.38. The monoisotopic (exact) mass is 882 g/mol. The molecule has 62 heavy (non-hydrogen) atoms. The summed E-state index contributed by atoms with van der Waals surface area (Å²) in [6, 6.07) is 28.8. The highest BCUT2D eigenvalue weighted by Crippen LogP contribution is 2.44. The largest absolute Gasteiger partial charge is 0.448 e. The highest BCUT2D eigenvalue weighted by atomic mass is 35.5. The van der Waals surface area contributed by atoms with Gasteiger partial charge in [-0.2, -0.15) is 0 Å². The molecule has 2 N–H and O–H groups in total. The van der Waals surface area contributed by atoms with E-state index in [1.807, 2.05) is 73.7 Å². The van der Waals surface area contributed by atoms with E-state index in [4.69, 9.17) is 32.7 Å². The van der Waals surface area contributed by atoms with Gasteiger partial charge in [0.1, 0.15) is 24.0 Å². The molecule has 1 aliphatic heterocycles. The van der Waals surface area contributed by atoms with Gasteiger partial charge in [-0.3, -0.25) is 19.3 Å². The molecule has 0 radical (unpaired) electrons. The van der Waals surface area contributed by atoms with Crippen LogP contribution in [0.2, 0.25) is 10.0 Å². The number of nitrogens with one attached hydrogen (secondary N) is 2. The van der Waals surface area contributed by atoms with Crippen molar-refractivity contribution in [1.82, 2.24) is 20.4 Å². The minimum absolute atomic E-state index is 0.00191. The van der Waals surface area contributed by atoms with Crippen LogP contribution in [0.1, 0.15) is 88.5 Å². The third-order valence-electron chi connectivity index (χ3n) is 11.5. The van der Waals surface area contributed by atoms with Crippen LogP contribution in [0, 0.1) is 5.92 Å². The normalized spacial score (nSPS) is 16.7. The maximum absolute atomic E-state index is 15.0. The molecule has 0 aromatic heterocycles. The fourth-order valence-corrected chi connectivity index (χ4v) is 8.64. The Morgan fingerprint density at radius 2 is 1.47 bits per heavy atom. The van der Waals surface area contributed by atoms with Crippen LogP contribution in [-0.4, -0.2) is 83.0 Å². The smallest absolute Gasteiger partial charge is 0.410 e. The molecule has 2 aliphatic rings. The van der Waals surface area contributed by atoms with Gasteiger partial charge in [0.05, 0.1) is 16.1 Å². The second-order valence-electron chi connectivity index (χ2n) is 17.3. The first-order chi connectivity index (χ1) is 29.6. The molecular formula is C49H56Cl2N4O7. The van der Waals surface area contributed by atoms with E-state index in [1.165, 1.54) is 4.90 Å². The van der Waals surface area contributed by atoms with E-state index in [0.29, 0.717) is 22.9 Å². The van der Waals surface area contributed by atoms with Gasteiger partial charge in [0.15, 0.2) is 0 Å². The Morgan fingerprint density at radius 3 is 2.11 bits per heavy atom. The summed E-state index contributed by atoms with van der Waals surface area (Å²) in [5, 5.41) is 6.60. The summed E-state index contributed by atoms with van der Waals surface area (Å²) in [5.41, 5.74) is 5.31. The number of benzene rings is 4. The van der Waals surface area contributed by atoms with E-state index in [9.17, 15) is 24.0 Å². The maximum atomic E-state index is 15.0. The highest BCUT2D eigenvalue weighted by molar-refractivity contribution is 6.42. The lowest BCUT2D eigenvalue weighted by atomic mass is 9.98. The second kappa shape index (κ2) is 20.7. The first-order valence-electron chi connectivity index (χ1n) is 21.3. The Balaban J connectivity index is 1.20. The summed E-state index contributed by atoms with van der Waals surface area (Å²) < 4.78 is 11.6. The molecule has 6 rings (SSSR count). The van der Waals surface area contributed by atoms with Crippen molar-refractivity contribution < 1.29 is 33.4 Å². The van der Waals surface area contributed by atoms with Crippen LogP contribution in [0.25, 0.3) is 11.1 Å². The lowest BCUT2D eigenvalue weighted by molar-refractivity contribution is -0.139. The fourth-order valence-electron chi connectivity index (χ4n) is 8.32. The number of rotatable bonds is 16. The van der Waals surface area contributed by atoms with Crippen molar-refractivity contribution in [3.05, 3.63) is 129 Å². The van der Waals surface area contributed by atoms with Gasteiger partial charge in [-0.1, -0.05) is 115 Å². The zero-order chi connectivity index (χ0) is 44.6. The number of amides is 4. The van der Waals surface area contributed by atoms with Crippen LogP contribution in [-0.2, 0) is 36.8 Å². The Kier molecular flexibility index (Phi) is 15.4. The number of hydrogen-bond acceptors (Lipinski definition) is 7. The number of ketones is 1. The standard InChI is InChI=1S/C49H56Cl2N4O7/c1-31(45(57)52-28-34-20-22-42(50)43(51)26-34)25-32(2)54(24-23-36(56)21-19-33-13-7-6-8-14-33)46(58)44-27-35(53-47(59)62-49(3,4)5)29-55(44)48(60)61-30-41-39-17-11-9-15-37(39)38-16-10-12-18-40(38)41/h6-18,20,22,26,31-32,35,41,44H,19,21,23-25,27-30H2,1-5H3,(H,52,57)(H,53,59)/t31-,32-,35?,44?/m1/s1. The molecule has 1 fully saturated rings. The molecule has 1 saturated heterocycles. The zero-order valence-corrected chi connectivity index (χ0v) is 37.5. The number of ether oxygens (including phenoxy) is 2. The molecule has 4 atom stereocenters. The zero-order valence-electron chi connectivity index (χ0n) is 36.0. The molecule has 4 amide bonds. The van der Waals surface area contributed by atoms with Crippen LogP contribution < -0.4 is 10.6 Å². The average Bonchev–Trinajstić information content (AvgIpc) is 3.81. The van der Waals surface area contributed by atoms with E-state index in [1.54, 1.807) is 50.8 Å². The number of hydrogen-bond donors (Lipinski definition) is 2. The lowest BCUT2D eigenvalue weighted by Crippen LogP contribution is -2.52. The molecule has 13 heteroatoms. The second-order valence-corrected chi connectivity index (χ2v) is 18.1. The van der Waals surface area contributed by atoms with Gasteiger partial charge in [-0.25, -0.2) is 9.59 Å². The highest BCUT2D eigenvalue weighted by Gasteiger charge is 2.44. The van der Waals surface area contributed by atoms with Crippen molar-refractivity contribution in [2.24, 2.45) is 5.92 Å². The van der Waals surface area contributed by atoms with E-state index < -0.39 is 47.7 Å². The van der Waals surface area contributed by atoms with Crippen LogP contribution in [0.15, 0.2) is 97.1 Å². The van der Waals surface area contributed by atoms with Crippen molar-refractivity contribution in [1.29, 1.82) is 0 Å². The number of Topliss-reactive ketones (excluding diaryl/α,β-unsaturated/α-hetero) is 1. The molecular weight excluding hydrogens is 827 g/mol. The molecule has 11 nitrogen and oxygen atoms in total. The molecule has 0 spiro atoms. The first kappa shape index (κ1) is 46.1. The summed E-state index contributed by atoms with van der Waals surface area (Å²) in [4.78, 5) is 72.0. The van der Waals surface area contributed by atoms with Gasteiger partial charge < -0.3 is 25.0 Å². The SMILES string of the molecule is C[C@H](C[C@@H](C)N(CCC(=O)CCc1ccccc1)C(=O)C1CC(NC(=O)OC(C)(C)C)CN1C(=O)OCC1c2ccccc2-c2ccccc21)C(=O)NCc1ccc(Cl)c(Cl)c1. The maximum Gasteiger partial charge on any atom is 0.410 e. The summed E-state index contributed by atoms with van der Waals surface area (Å²) in [6.45, 7) is 9.24. The number of likely N-dealkylation sites (tertiary alicyclic amines) is 1. The van der Waals surface area contributed by atoms with Crippen molar-refractivity contribution in [3.8, 4) is 11.1 Å². The molecule has 328 valence electrons. The molecule has 4 aromatic carbocycles. The van der Waals surface area contributed by atoms with Crippen molar-refractivity contribution in [2.75, 3.05) is 19.7 Å². The predicted octanol–water partition coefficient (Wildman–Crippen LogP) is 9.36. The summed E-state index contributed by atoms with van der Waals surface area (Å²) in [6.07, 6.45) is -0.0570. The third kappa shape index (κ3) is 11.9. The third-order valence-corrected chi connectivity index (χ3v) is 12.2. The molecule has 4 aromatic rings. The van der Waals surface area contributed by atoms with Crippen LogP contribution in [0.5, 0.6) is 0 Å². The summed E-state index contributed by atoms with van der Waals surface area (Å²) >= 11 is 12.3. The number of fused-ring (bicyclic) bond motifs is 3. The number of nitrogens with zero attached hydrogens (tertiary/aromatic N) is 2. The Morgan fingerprint density at radius 1 is 0.823 bits per heavy atom. The average molecular weight is 884 g/mol. The lowest BCUT2D eigenvalue weighted by Gasteiger charge is -2.35. The minimum atomic E-state index is -1.04. The van der Waals surface area contributed by atoms with Crippen LogP contribution in [0.3, 0.4) is 0 Å². The van der Waals surface area contributed by atoms with Crippen LogP contribution >= 0.6 is 23.2 Å². The minimum Gasteiger partial charge on any atom is -0.448 e. The molecule has 2 unspecified atom stereocenters. The molecule has 0 bridgehead atoms. The van der Waals surface area contributed by atoms with Gasteiger partial charge in [-0.15, -0.1) is 0 Å². The Labute approximate surface area is 374 Å². The Bertz CT molecular complexity index is 2200. The number of aryl methyl sites for hydroxylation is 1. The van der Waals surface area contributed by atoms with Crippen molar-refractivity contribution >= 4 is 53.0 Å². The number of carbonyl (C=O) groups is 5. The van der Waals surface area contributed by atoms with E-state index in [2.05, 4.69) is 22.8 Å². The van der Waals surface area contributed by atoms with Gasteiger partial charge in [0.2, 0.25) is 11.8 Å². The molecule has 0 saturated carbocycles. The van der Waals surface area contributed by atoms with E-state index >= 15 is 0 Å². The first-order valence-corrected chi connectivity index (χ1v) is 22.0. The predicted molar refractivity (Wildman–Crippen MR) is 241 cm³/mol. The number of halogens is 2. The van der Waals surface area contributed by atoms with E-state index in [-0.39, 0.29) is 63.1 Å². The summed E-state index contributed by atoms with van der Waals surface area (Å²) in [7, 11) is 0. The number of carbonyl (C=O) groups excluding carboxylic acids is 5. The molecule has 1 aliphatic carbocycles. The van der Waals surface area contributed by atoms with Gasteiger partial charge in [0, 0.05) is 50.4 Å². The Hall–Kier alpha value is -5.39. The fraction of sp³-hybridized carbons (Fsp3) is 0.408. The van der Waals surface area contributed by atoms with Crippen molar-refractivity contribution in [2.45, 2.75) is 103 Å². The van der Waals surface area contributed by atoms with Crippen molar-refractivity contribution in [3.63, 3.8) is 0 Å². The van der Waals surface area contributed by atoms with Crippen LogP contribution in [0.4, 0.5) is 9.59 Å². The quantitative estimate of drug-likeness (QED) is 0.115. The van der Waals surface area contributed by atoms with Gasteiger partial charge in [0.25, 0.3) is 0 Å².